The van der Waals surface area contributed by atoms with E-state index in [1.165, 1.54) is 0 Å². The standard InChI is InChI=1S/C45H37N7O7/c53-41-12-11-40(43(54)50-41)52-44(55)35-10-7-29(18-36(35)45(52)56)51-24-33(25-51)57-16-2-1-3-28-6-8-30(22-47-28)58-31-19-32(20-31)59-42-13-5-27(21-48-42)26-4-9-34-37-23-46-15-14-38(37)49-39(34)17-26/h4-10,13-15,17-18,21-23,31-33,40,49H,2,11-12,16,19-20,24-25H2,(H,50,53,54). The summed E-state index contributed by atoms with van der Waals surface area (Å²) in [5, 5.41) is 4.47. The molecule has 1 atom stereocenters. The number of rotatable bonds is 10. The van der Waals surface area contributed by atoms with Crippen LogP contribution in [0.25, 0.3) is 32.9 Å². The summed E-state index contributed by atoms with van der Waals surface area (Å²) in [6.07, 6.45) is 9.56. The number of imide groups is 2. The second-order valence-corrected chi connectivity index (χ2v) is 15.1. The summed E-state index contributed by atoms with van der Waals surface area (Å²) in [4.78, 5) is 69.8. The fraction of sp³-hybridized carbons (Fsp3) is 0.267. The Labute approximate surface area is 337 Å². The van der Waals surface area contributed by atoms with Gasteiger partial charge in [-0.05, 0) is 66.4 Å². The molecule has 0 bridgehead atoms. The van der Waals surface area contributed by atoms with Gasteiger partial charge in [0.25, 0.3) is 11.8 Å². The highest BCUT2D eigenvalue weighted by Gasteiger charge is 2.45. The molecule has 14 nitrogen and oxygen atoms in total. The van der Waals surface area contributed by atoms with Gasteiger partial charge in [0.05, 0.1) is 30.0 Å². The Bertz CT molecular complexity index is 2710. The molecule has 7 heterocycles. The Morgan fingerprint density at radius 1 is 0.763 bits per heavy atom. The topological polar surface area (TPSA) is 169 Å². The molecule has 0 radical (unpaired) electrons. The molecule has 4 aromatic heterocycles. The SMILES string of the molecule is O=C1CCC(N2C(=O)c3ccc(N4CC(OCCC#Cc5ccc(OC6CC(Oc7ccc(-c8ccc9c(c8)[nH]c8ccncc89)cn7)C6)cn5)C4)cc3C2=O)C(=O)N1. The molecule has 1 aliphatic carbocycles. The Morgan fingerprint density at radius 3 is 2.42 bits per heavy atom. The van der Waals surface area contributed by atoms with Crippen LogP contribution in [-0.4, -0.2) is 92.5 Å². The van der Waals surface area contributed by atoms with Crippen LogP contribution in [0.4, 0.5) is 5.69 Å². The van der Waals surface area contributed by atoms with Gasteiger partial charge in [0.1, 0.15) is 29.7 Å². The molecule has 4 amide bonds. The molecule has 1 unspecified atom stereocenters. The lowest BCUT2D eigenvalue weighted by molar-refractivity contribution is -0.136. The molecule has 2 N–H and O–H groups in total. The zero-order valence-electron chi connectivity index (χ0n) is 31.7. The largest absolute Gasteiger partial charge is 0.489 e. The van der Waals surface area contributed by atoms with Crippen LogP contribution in [0, 0.1) is 11.8 Å². The van der Waals surface area contributed by atoms with Gasteiger partial charge in [0.15, 0.2) is 0 Å². The van der Waals surface area contributed by atoms with Gasteiger partial charge in [-0.3, -0.25) is 34.4 Å². The van der Waals surface area contributed by atoms with Crippen molar-refractivity contribution in [3.05, 3.63) is 108 Å². The van der Waals surface area contributed by atoms with Crippen molar-refractivity contribution in [3.63, 3.8) is 0 Å². The Balaban J connectivity index is 0.634. The summed E-state index contributed by atoms with van der Waals surface area (Å²) in [5.41, 5.74) is 6.19. The van der Waals surface area contributed by atoms with Gasteiger partial charge in [-0.2, -0.15) is 0 Å². The molecule has 59 heavy (non-hydrogen) atoms. The van der Waals surface area contributed by atoms with Crippen LogP contribution in [-0.2, 0) is 14.3 Å². The van der Waals surface area contributed by atoms with Crippen molar-refractivity contribution >= 4 is 51.1 Å². The van der Waals surface area contributed by atoms with Crippen molar-refractivity contribution in [2.24, 2.45) is 0 Å². The Kier molecular flexibility index (Phi) is 9.22. The summed E-state index contributed by atoms with van der Waals surface area (Å²) >= 11 is 0. The summed E-state index contributed by atoms with van der Waals surface area (Å²) in [7, 11) is 0. The van der Waals surface area contributed by atoms with E-state index < -0.39 is 29.7 Å². The number of hydrogen-bond acceptors (Lipinski definition) is 11. The molecule has 10 rings (SSSR count). The number of fused-ring (bicyclic) bond motifs is 4. The summed E-state index contributed by atoms with van der Waals surface area (Å²) in [6, 6.07) is 20.1. The van der Waals surface area contributed by atoms with Gasteiger partial charge >= 0.3 is 0 Å². The van der Waals surface area contributed by atoms with Crippen molar-refractivity contribution < 1.29 is 33.4 Å². The van der Waals surface area contributed by atoms with Crippen molar-refractivity contribution in [3.8, 4) is 34.6 Å². The molecule has 1 saturated carbocycles. The minimum Gasteiger partial charge on any atom is -0.489 e. The molecule has 2 saturated heterocycles. The zero-order chi connectivity index (χ0) is 40.0. The predicted molar refractivity (Wildman–Crippen MR) is 216 cm³/mol. The third kappa shape index (κ3) is 7.10. The van der Waals surface area contributed by atoms with Crippen molar-refractivity contribution in [1.82, 2.24) is 30.2 Å². The molecule has 0 spiro atoms. The van der Waals surface area contributed by atoms with Gasteiger partial charge < -0.3 is 24.1 Å². The number of anilines is 1. The summed E-state index contributed by atoms with van der Waals surface area (Å²) in [6.45, 7) is 1.74. The number of nitrogens with one attached hydrogen (secondary N) is 2. The average molecular weight is 788 g/mol. The van der Waals surface area contributed by atoms with E-state index >= 15 is 0 Å². The van der Waals surface area contributed by atoms with Crippen LogP contribution >= 0.6 is 0 Å². The van der Waals surface area contributed by atoms with Gasteiger partial charge in [-0.25, -0.2) is 9.97 Å². The summed E-state index contributed by atoms with van der Waals surface area (Å²) < 4.78 is 18.2. The maximum absolute atomic E-state index is 13.2. The zero-order valence-corrected chi connectivity index (χ0v) is 31.7. The van der Waals surface area contributed by atoms with E-state index in [4.69, 9.17) is 14.2 Å². The lowest BCUT2D eigenvalue weighted by Gasteiger charge is -2.40. The van der Waals surface area contributed by atoms with Gasteiger partial charge in [0, 0.05) is 96.5 Å². The molecular formula is C45H37N7O7. The van der Waals surface area contributed by atoms with Crippen molar-refractivity contribution in [1.29, 1.82) is 0 Å². The molecule has 6 aromatic rings. The quantitative estimate of drug-likeness (QED) is 0.106. The first-order valence-electron chi connectivity index (χ1n) is 19.7. The van der Waals surface area contributed by atoms with Gasteiger partial charge in [0.2, 0.25) is 17.7 Å². The van der Waals surface area contributed by atoms with Crippen molar-refractivity contribution in [2.75, 3.05) is 24.6 Å². The number of aromatic amines is 1. The fourth-order valence-corrected chi connectivity index (χ4v) is 7.98. The Hall–Kier alpha value is -7.11. The number of carbonyl (C=O) groups is 4. The van der Waals surface area contributed by atoms with E-state index in [0.29, 0.717) is 43.4 Å². The molecule has 294 valence electrons. The number of H-pyrrole nitrogens is 1. The maximum Gasteiger partial charge on any atom is 0.262 e. The number of carbonyl (C=O) groups excluding carboxylic acids is 4. The molecule has 2 aromatic carbocycles. The average Bonchev–Trinajstić information content (AvgIpc) is 3.71. The number of hydrogen-bond donors (Lipinski definition) is 2. The third-order valence-electron chi connectivity index (χ3n) is 11.3. The van der Waals surface area contributed by atoms with Crippen LogP contribution in [0.15, 0.2) is 91.5 Å². The van der Waals surface area contributed by atoms with E-state index in [2.05, 4.69) is 60.2 Å². The molecule has 14 heteroatoms. The minimum absolute atomic E-state index is 0.0154. The number of piperidine rings is 1. The first kappa shape index (κ1) is 36.2. The van der Waals surface area contributed by atoms with E-state index in [0.717, 1.165) is 56.4 Å². The highest BCUT2D eigenvalue weighted by atomic mass is 16.5. The molecule has 3 fully saturated rings. The van der Waals surface area contributed by atoms with E-state index in [-0.39, 0.29) is 42.3 Å². The van der Waals surface area contributed by atoms with Crippen LogP contribution in [0.2, 0.25) is 0 Å². The lowest BCUT2D eigenvalue weighted by atomic mass is 9.92. The van der Waals surface area contributed by atoms with Gasteiger partial charge in [-0.15, -0.1) is 0 Å². The third-order valence-corrected chi connectivity index (χ3v) is 11.3. The lowest BCUT2D eigenvalue weighted by Crippen LogP contribution is -2.54. The molecular weight excluding hydrogens is 751 g/mol. The predicted octanol–water partition coefficient (Wildman–Crippen LogP) is 5.21. The highest BCUT2D eigenvalue weighted by Crippen LogP contribution is 2.34. The monoisotopic (exact) mass is 787 g/mol. The first-order chi connectivity index (χ1) is 28.8. The van der Waals surface area contributed by atoms with E-state index in [1.807, 2.05) is 42.7 Å². The number of ether oxygens (including phenoxy) is 3. The molecule has 3 aliphatic heterocycles. The minimum atomic E-state index is -0.987. The number of nitrogens with zero attached hydrogens (tertiary/aromatic N) is 5. The highest BCUT2D eigenvalue weighted by molar-refractivity contribution is 6.23. The second-order valence-electron chi connectivity index (χ2n) is 15.1. The Morgan fingerprint density at radius 2 is 1.61 bits per heavy atom. The van der Waals surface area contributed by atoms with E-state index in [9.17, 15) is 19.2 Å². The fourth-order valence-electron chi connectivity index (χ4n) is 7.98. The van der Waals surface area contributed by atoms with Crippen LogP contribution < -0.4 is 19.7 Å². The number of aromatic nitrogens is 4. The van der Waals surface area contributed by atoms with Crippen LogP contribution in [0.5, 0.6) is 11.6 Å². The van der Waals surface area contributed by atoms with Crippen LogP contribution in [0.1, 0.15) is 58.5 Å². The maximum atomic E-state index is 13.2. The first-order valence-corrected chi connectivity index (χ1v) is 19.7. The van der Waals surface area contributed by atoms with Crippen LogP contribution in [0.3, 0.4) is 0 Å². The number of pyridine rings is 3. The number of benzene rings is 2. The normalized spacial score (nSPS) is 20.2. The summed E-state index contributed by atoms with van der Waals surface area (Å²) in [5.74, 6) is 5.42. The van der Waals surface area contributed by atoms with Crippen molar-refractivity contribution in [2.45, 2.75) is 56.5 Å². The van der Waals surface area contributed by atoms with E-state index in [1.54, 1.807) is 30.6 Å². The smallest absolute Gasteiger partial charge is 0.262 e. The molecule has 4 aliphatic rings. The van der Waals surface area contributed by atoms with Gasteiger partial charge in [-0.1, -0.05) is 18.1 Å². The number of amides is 4. The second kappa shape index (κ2) is 15.0.